The maximum atomic E-state index is 12.1. The summed E-state index contributed by atoms with van der Waals surface area (Å²) in [5.41, 5.74) is 1.23. The van der Waals surface area contributed by atoms with Gasteiger partial charge < -0.3 is 20.4 Å². The van der Waals surface area contributed by atoms with Crippen LogP contribution in [0.5, 0.6) is 0 Å². The zero-order valence-electron chi connectivity index (χ0n) is 19.7. The molecule has 2 N–H and O–H groups in total. The van der Waals surface area contributed by atoms with Gasteiger partial charge in [0.05, 0.1) is 0 Å². The Balaban J connectivity index is 1.49. The molecule has 1 unspecified atom stereocenters. The lowest BCUT2D eigenvalue weighted by molar-refractivity contribution is -0.127. The van der Waals surface area contributed by atoms with E-state index in [1.807, 2.05) is 11.1 Å². The van der Waals surface area contributed by atoms with Crippen LogP contribution in [0.1, 0.15) is 30.2 Å². The fourth-order valence-electron chi connectivity index (χ4n) is 4.49. The van der Waals surface area contributed by atoms with Crippen molar-refractivity contribution in [1.29, 1.82) is 0 Å². The number of hydrogen-bond donors (Lipinski definition) is 2. The van der Waals surface area contributed by atoms with Crippen LogP contribution in [-0.2, 0) is 11.3 Å². The van der Waals surface area contributed by atoms with Gasteiger partial charge >= 0.3 is 0 Å². The van der Waals surface area contributed by atoms with Crippen molar-refractivity contribution in [1.82, 2.24) is 24.7 Å². The zero-order chi connectivity index (χ0) is 23.2. The average molecular weight is 470 g/mol. The van der Waals surface area contributed by atoms with Gasteiger partial charge in [0.1, 0.15) is 11.6 Å². The predicted octanol–water partition coefficient (Wildman–Crippen LogP) is 3.32. The number of piperazine rings is 1. The van der Waals surface area contributed by atoms with Crippen molar-refractivity contribution in [3.8, 4) is 0 Å². The summed E-state index contributed by atoms with van der Waals surface area (Å²) in [4.78, 5) is 29.4. The Kier molecular flexibility index (Phi) is 7.95. The topological polar surface area (TPSA) is 76.6 Å². The second-order valence-electron chi connectivity index (χ2n) is 8.83. The highest BCUT2D eigenvalue weighted by atomic mass is 32.1. The second-order valence-corrected chi connectivity index (χ2v) is 10.1. The molecule has 0 aromatic carbocycles. The Labute approximate surface area is 200 Å². The molecule has 2 aromatic rings. The minimum absolute atomic E-state index is 0.00377. The van der Waals surface area contributed by atoms with Crippen LogP contribution in [0.25, 0.3) is 0 Å². The summed E-state index contributed by atoms with van der Waals surface area (Å²) in [6.45, 7) is 15.8. The largest absolute Gasteiger partial charge is 0.365 e. The van der Waals surface area contributed by atoms with Gasteiger partial charge in [-0.1, -0.05) is 13.5 Å². The van der Waals surface area contributed by atoms with Crippen molar-refractivity contribution in [2.45, 2.75) is 39.3 Å². The molecule has 0 radical (unpaired) electrons. The van der Waals surface area contributed by atoms with Gasteiger partial charge in [-0.2, -0.15) is 0 Å². The van der Waals surface area contributed by atoms with Gasteiger partial charge in [0, 0.05) is 62.9 Å². The van der Waals surface area contributed by atoms with E-state index in [0.29, 0.717) is 6.54 Å². The molecule has 1 atom stereocenters. The average Bonchev–Trinajstić information content (AvgIpc) is 3.23. The summed E-state index contributed by atoms with van der Waals surface area (Å²) in [5.74, 6) is 1.63. The van der Waals surface area contributed by atoms with E-state index in [2.05, 4.69) is 58.0 Å². The number of nitrogens with one attached hydrogen (secondary N) is 2. The number of likely N-dealkylation sites (N-methyl/N-ethyl adjacent to an activating group) is 1. The lowest BCUT2D eigenvalue weighted by Crippen LogP contribution is -2.45. The monoisotopic (exact) mass is 469 g/mol. The highest BCUT2D eigenvalue weighted by Crippen LogP contribution is 2.25. The molecule has 0 saturated carbocycles. The minimum Gasteiger partial charge on any atom is -0.365 e. The van der Waals surface area contributed by atoms with Crippen molar-refractivity contribution < 1.29 is 4.79 Å². The first kappa shape index (κ1) is 23.7. The van der Waals surface area contributed by atoms with Gasteiger partial charge in [-0.25, -0.2) is 9.97 Å². The van der Waals surface area contributed by atoms with Crippen molar-refractivity contribution >= 4 is 34.0 Å². The summed E-state index contributed by atoms with van der Waals surface area (Å²) in [5, 5.41) is 7.82. The third kappa shape index (κ3) is 6.52. The number of carbonyl (C=O) groups excluding carboxylic acids is 1. The summed E-state index contributed by atoms with van der Waals surface area (Å²) < 4.78 is 0. The van der Waals surface area contributed by atoms with E-state index in [0.717, 1.165) is 80.3 Å². The van der Waals surface area contributed by atoms with Crippen LogP contribution in [0.15, 0.2) is 31.0 Å². The van der Waals surface area contributed by atoms with E-state index >= 15 is 0 Å². The van der Waals surface area contributed by atoms with E-state index in [9.17, 15) is 4.79 Å². The molecule has 0 aliphatic carbocycles. The van der Waals surface area contributed by atoms with Crippen LogP contribution in [0.2, 0.25) is 0 Å². The number of amides is 1. The molecule has 2 aliphatic heterocycles. The molecule has 4 heterocycles. The molecule has 2 aliphatic rings. The Bertz CT molecular complexity index is 954. The molecule has 178 valence electrons. The van der Waals surface area contributed by atoms with Crippen LogP contribution in [0.3, 0.4) is 0 Å². The smallest absolute Gasteiger partial charge is 0.246 e. The normalized spacial score (nSPS) is 19.9. The van der Waals surface area contributed by atoms with E-state index < -0.39 is 0 Å². The SMILES string of the molecule is C=CC(=O)N1CCCC(Nc2cc(CN3CCN(CC)CC3)cc(Nc3ncc(C)s3)n2)C1. The fourth-order valence-corrected chi connectivity index (χ4v) is 5.17. The van der Waals surface area contributed by atoms with E-state index in [1.165, 1.54) is 11.6 Å². The molecular weight excluding hydrogens is 434 g/mol. The second kappa shape index (κ2) is 11.1. The van der Waals surface area contributed by atoms with Crippen LogP contribution < -0.4 is 10.6 Å². The Morgan fingerprint density at radius 2 is 1.97 bits per heavy atom. The maximum Gasteiger partial charge on any atom is 0.246 e. The quantitative estimate of drug-likeness (QED) is 0.575. The van der Waals surface area contributed by atoms with Crippen LogP contribution in [0.4, 0.5) is 16.8 Å². The Morgan fingerprint density at radius 1 is 1.21 bits per heavy atom. The van der Waals surface area contributed by atoms with E-state index in [1.54, 1.807) is 11.3 Å². The maximum absolute atomic E-state index is 12.1. The Morgan fingerprint density at radius 3 is 2.67 bits per heavy atom. The highest BCUT2D eigenvalue weighted by molar-refractivity contribution is 7.15. The number of carbonyl (C=O) groups is 1. The lowest BCUT2D eigenvalue weighted by atomic mass is 10.1. The first-order valence-electron chi connectivity index (χ1n) is 11.9. The number of thiazole rings is 1. The number of aryl methyl sites for hydroxylation is 1. The molecule has 8 nitrogen and oxygen atoms in total. The van der Waals surface area contributed by atoms with E-state index in [-0.39, 0.29) is 11.9 Å². The number of pyridine rings is 1. The number of likely N-dealkylation sites (tertiary alicyclic amines) is 1. The van der Waals surface area contributed by atoms with Crippen molar-refractivity contribution in [3.63, 3.8) is 0 Å². The first-order chi connectivity index (χ1) is 16.0. The number of aromatic nitrogens is 2. The van der Waals surface area contributed by atoms with Gasteiger partial charge in [-0.15, -0.1) is 11.3 Å². The number of rotatable bonds is 8. The predicted molar refractivity (Wildman–Crippen MR) is 135 cm³/mol. The molecule has 9 heteroatoms. The molecular formula is C24H35N7OS. The summed E-state index contributed by atoms with van der Waals surface area (Å²) in [7, 11) is 0. The summed E-state index contributed by atoms with van der Waals surface area (Å²) in [6, 6.07) is 4.45. The molecule has 2 fully saturated rings. The molecule has 0 spiro atoms. The molecule has 0 bridgehead atoms. The molecule has 2 aromatic heterocycles. The molecule has 4 rings (SSSR count). The van der Waals surface area contributed by atoms with Crippen molar-refractivity contribution in [2.24, 2.45) is 0 Å². The van der Waals surface area contributed by atoms with Gasteiger partial charge in [-0.3, -0.25) is 9.69 Å². The Hall–Kier alpha value is -2.49. The minimum atomic E-state index is -0.00377. The number of anilines is 3. The van der Waals surface area contributed by atoms with Gasteiger partial charge in [-0.05, 0) is 50.1 Å². The van der Waals surface area contributed by atoms with Gasteiger partial charge in [0.25, 0.3) is 0 Å². The van der Waals surface area contributed by atoms with Crippen LogP contribution in [-0.4, -0.2) is 82.4 Å². The molecule has 1 amide bonds. The standard InChI is InChI=1S/C24H35N7OS/c1-4-23(32)31-8-6-7-20(17-31)26-21-13-19(16-30-11-9-29(5-2)10-12-30)14-22(27-21)28-24-25-15-18(3)33-24/h4,13-15,20H,1,5-12,16-17H2,2-3H3,(H2,25,26,27,28). The lowest BCUT2D eigenvalue weighted by Gasteiger charge is -2.34. The molecule has 2 saturated heterocycles. The third-order valence-electron chi connectivity index (χ3n) is 6.32. The first-order valence-corrected chi connectivity index (χ1v) is 12.7. The number of hydrogen-bond acceptors (Lipinski definition) is 8. The molecule has 33 heavy (non-hydrogen) atoms. The van der Waals surface area contributed by atoms with E-state index in [4.69, 9.17) is 4.98 Å². The fraction of sp³-hybridized carbons (Fsp3) is 0.542. The number of piperidine rings is 1. The van der Waals surface area contributed by atoms with Crippen LogP contribution in [0, 0.1) is 6.92 Å². The van der Waals surface area contributed by atoms with Crippen molar-refractivity contribution in [3.05, 3.63) is 41.4 Å². The van der Waals surface area contributed by atoms with Gasteiger partial charge in [0.15, 0.2) is 5.13 Å². The summed E-state index contributed by atoms with van der Waals surface area (Å²) in [6.07, 6.45) is 5.26. The summed E-state index contributed by atoms with van der Waals surface area (Å²) >= 11 is 1.62. The number of nitrogens with zero attached hydrogens (tertiary/aromatic N) is 5. The van der Waals surface area contributed by atoms with Crippen LogP contribution >= 0.6 is 11.3 Å². The zero-order valence-corrected chi connectivity index (χ0v) is 20.5. The van der Waals surface area contributed by atoms with Gasteiger partial charge in [0.2, 0.25) is 5.91 Å². The van der Waals surface area contributed by atoms with Crippen molar-refractivity contribution in [2.75, 3.05) is 56.4 Å². The highest BCUT2D eigenvalue weighted by Gasteiger charge is 2.23. The third-order valence-corrected chi connectivity index (χ3v) is 7.15.